The van der Waals surface area contributed by atoms with Gasteiger partial charge in [-0.2, -0.15) is 16.8 Å². The summed E-state index contributed by atoms with van der Waals surface area (Å²) in [6, 6.07) is 0. The standard InChI is InChI=1S/2ClH.2FHO3S/c;;2*1-5(2,3)4/h2*1H;2*(H,2,3,4). The molecule has 0 heterocycles. The van der Waals surface area contributed by atoms with Gasteiger partial charge in [-0.25, -0.2) is 0 Å². The van der Waals surface area contributed by atoms with E-state index >= 15 is 0 Å². The molecule has 12 heavy (non-hydrogen) atoms. The SMILES string of the molecule is Cl.Cl.O=S(=O)(O)F.O=S(=O)(O)F. The second-order valence-corrected chi connectivity index (χ2v) is 2.47. The van der Waals surface area contributed by atoms with Crippen molar-refractivity contribution in [3.63, 3.8) is 0 Å². The molecule has 0 aliphatic heterocycles. The lowest BCUT2D eigenvalue weighted by atomic mass is 15.9. The average molecular weight is 273 g/mol. The van der Waals surface area contributed by atoms with Crippen LogP contribution in [0.25, 0.3) is 0 Å². The zero-order valence-corrected chi connectivity index (χ0v) is 8.18. The van der Waals surface area contributed by atoms with Crippen molar-refractivity contribution in [2.75, 3.05) is 0 Å². The number of rotatable bonds is 0. The lowest BCUT2D eigenvalue weighted by molar-refractivity contribution is 0.432. The first-order chi connectivity index (χ1) is 4.00. The maximum Gasteiger partial charge on any atom is 0.435 e. The van der Waals surface area contributed by atoms with Gasteiger partial charge < -0.3 is 0 Å². The largest absolute Gasteiger partial charge is 0.435 e. The highest BCUT2D eigenvalue weighted by Gasteiger charge is 1.90. The fourth-order valence-electron chi connectivity index (χ4n) is 0. The summed E-state index contributed by atoms with van der Waals surface area (Å²) < 4.78 is 68.2. The second kappa shape index (κ2) is 7.89. The first-order valence-corrected chi connectivity index (χ1v) is 4.02. The normalized spacial score (nSPS) is 9.67. The summed E-state index contributed by atoms with van der Waals surface area (Å²) in [5.74, 6) is 0. The van der Waals surface area contributed by atoms with Gasteiger partial charge in [-0.1, -0.05) is 7.77 Å². The Balaban J connectivity index is -0.0000000457. The molecule has 0 radical (unpaired) electrons. The van der Waals surface area contributed by atoms with Crippen LogP contribution >= 0.6 is 24.8 Å². The highest BCUT2D eigenvalue weighted by atomic mass is 35.5. The van der Waals surface area contributed by atoms with E-state index in [1.165, 1.54) is 0 Å². The molecule has 12 heteroatoms. The lowest BCUT2D eigenvalue weighted by Gasteiger charge is -1.63. The molecule has 0 saturated carbocycles. The van der Waals surface area contributed by atoms with Gasteiger partial charge >= 0.3 is 21.0 Å². The molecule has 0 aromatic heterocycles. The minimum atomic E-state index is -5.17. The van der Waals surface area contributed by atoms with Crippen LogP contribution in [0.5, 0.6) is 0 Å². The first-order valence-electron chi connectivity index (χ1n) is 1.34. The van der Waals surface area contributed by atoms with Crippen LogP contribution in [0.3, 0.4) is 0 Å². The Hall–Kier alpha value is 0.260. The molecule has 0 aromatic carbocycles. The molecule has 0 spiro atoms. The van der Waals surface area contributed by atoms with Gasteiger partial charge in [-0.05, 0) is 0 Å². The molecule has 0 aromatic rings. The highest BCUT2D eigenvalue weighted by molar-refractivity contribution is 7.80. The maximum atomic E-state index is 10.2. The second-order valence-electron chi connectivity index (χ2n) is 0.824. The van der Waals surface area contributed by atoms with Gasteiger partial charge in [0.15, 0.2) is 0 Å². The quantitative estimate of drug-likeness (QED) is 0.487. The van der Waals surface area contributed by atoms with E-state index in [4.69, 9.17) is 25.9 Å². The molecule has 0 unspecified atom stereocenters. The molecular formula is H4Cl2F2O6S2. The molecule has 0 aliphatic carbocycles. The average Bonchev–Trinajstić information content (AvgIpc) is 1.12. The summed E-state index contributed by atoms with van der Waals surface area (Å²) in [6.45, 7) is 0. The highest BCUT2D eigenvalue weighted by Crippen LogP contribution is 1.74. The lowest BCUT2D eigenvalue weighted by Crippen LogP contribution is -1.80. The fourth-order valence-corrected chi connectivity index (χ4v) is 0. The van der Waals surface area contributed by atoms with Crippen LogP contribution in [0.2, 0.25) is 0 Å². The Morgan fingerprint density at radius 1 is 0.750 bits per heavy atom. The minimum absolute atomic E-state index is 0. The fraction of sp³-hybridized carbons (Fsp3) is 0. The van der Waals surface area contributed by atoms with Gasteiger partial charge in [-0.15, -0.1) is 24.8 Å². The van der Waals surface area contributed by atoms with Crippen molar-refractivity contribution in [2.24, 2.45) is 0 Å². The van der Waals surface area contributed by atoms with E-state index in [0.717, 1.165) is 0 Å². The van der Waals surface area contributed by atoms with Gasteiger partial charge in [0.25, 0.3) is 0 Å². The summed E-state index contributed by atoms with van der Waals surface area (Å²) in [5, 5.41) is 0. The Bertz CT molecular complexity index is 218. The molecule has 0 atom stereocenters. The molecule has 0 amide bonds. The van der Waals surface area contributed by atoms with E-state index in [0.29, 0.717) is 0 Å². The van der Waals surface area contributed by atoms with Crippen molar-refractivity contribution in [2.45, 2.75) is 0 Å². The smallest absolute Gasteiger partial charge is 0.260 e. The van der Waals surface area contributed by atoms with Gasteiger partial charge in [0.05, 0.1) is 0 Å². The van der Waals surface area contributed by atoms with Crippen molar-refractivity contribution in [1.29, 1.82) is 0 Å². The monoisotopic (exact) mass is 272 g/mol. The third kappa shape index (κ3) is 13000. The molecule has 0 rings (SSSR count). The van der Waals surface area contributed by atoms with Gasteiger partial charge in [0.2, 0.25) is 0 Å². The molecule has 0 saturated heterocycles. The summed E-state index contributed by atoms with van der Waals surface area (Å²) in [4.78, 5) is 0. The van der Waals surface area contributed by atoms with Crippen molar-refractivity contribution < 1.29 is 33.7 Å². The zero-order valence-electron chi connectivity index (χ0n) is 4.92. The summed E-state index contributed by atoms with van der Waals surface area (Å²) >= 11 is 0. The van der Waals surface area contributed by atoms with Crippen LogP contribution in [0.4, 0.5) is 7.77 Å². The van der Waals surface area contributed by atoms with E-state index < -0.39 is 21.0 Å². The molecule has 6 nitrogen and oxygen atoms in total. The van der Waals surface area contributed by atoms with Gasteiger partial charge in [0.1, 0.15) is 0 Å². The third-order valence-electron chi connectivity index (χ3n) is 0. The number of halogens is 4. The Kier molecular flexibility index (Phi) is 15.0. The van der Waals surface area contributed by atoms with Crippen LogP contribution in [-0.2, 0) is 21.0 Å². The van der Waals surface area contributed by atoms with E-state index in [9.17, 15) is 7.77 Å². The predicted molar refractivity (Wildman–Crippen MR) is 39.8 cm³/mol. The van der Waals surface area contributed by atoms with E-state index in [1.807, 2.05) is 0 Å². The van der Waals surface area contributed by atoms with E-state index in [2.05, 4.69) is 0 Å². The minimum Gasteiger partial charge on any atom is -0.260 e. The Morgan fingerprint density at radius 2 is 0.750 bits per heavy atom. The Morgan fingerprint density at radius 3 is 0.750 bits per heavy atom. The van der Waals surface area contributed by atoms with Gasteiger partial charge in [-0.3, -0.25) is 9.11 Å². The van der Waals surface area contributed by atoms with Crippen molar-refractivity contribution in [3.8, 4) is 0 Å². The van der Waals surface area contributed by atoms with Crippen LogP contribution in [0.15, 0.2) is 0 Å². The predicted octanol–water partition coefficient (Wildman–Crippen LogP) is 0.361. The topological polar surface area (TPSA) is 109 Å². The van der Waals surface area contributed by atoms with Crippen LogP contribution in [0.1, 0.15) is 0 Å². The molecule has 2 N–H and O–H groups in total. The number of hydrogen-bond donors (Lipinski definition) is 2. The van der Waals surface area contributed by atoms with Gasteiger partial charge in [0, 0.05) is 0 Å². The summed E-state index contributed by atoms with van der Waals surface area (Å²) in [6.07, 6.45) is 0. The molecule has 0 bridgehead atoms. The van der Waals surface area contributed by atoms with Crippen LogP contribution < -0.4 is 0 Å². The molecule has 80 valence electrons. The third-order valence-corrected chi connectivity index (χ3v) is 0. The molecular weight excluding hydrogens is 269 g/mol. The zero-order chi connectivity index (χ0) is 9.00. The van der Waals surface area contributed by atoms with Crippen molar-refractivity contribution in [3.05, 3.63) is 0 Å². The first kappa shape index (κ1) is 22.8. The Labute approximate surface area is 79.9 Å². The molecule has 0 fully saturated rings. The van der Waals surface area contributed by atoms with Crippen LogP contribution in [0, 0.1) is 0 Å². The summed E-state index contributed by atoms with van der Waals surface area (Å²) in [7, 11) is -10.3. The van der Waals surface area contributed by atoms with E-state index in [-0.39, 0.29) is 24.8 Å². The molecule has 0 aliphatic rings. The van der Waals surface area contributed by atoms with Crippen molar-refractivity contribution >= 4 is 45.8 Å². The number of hydrogen-bond acceptors (Lipinski definition) is 4. The summed E-state index contributed by atoms with van der Waals surface area (Å²) in [5.41, 5.74) is 0. The maximum absolute atomic E-state index is 10.2. The van der Waals surface area contributed by atoms with E-state index in [1.54, 1.807) is 0 Å². The van der Waals surface area contributed by atoms with Crippen molar-refractivity contribution in [1.82, 2.24) is 0 Å². The van der Waals surface area contributed by atoms with Crippen LogP contribution in [-0.4, -0.2) is 25.9 Å².